The lowest BCUT2D eigenvalue weighted by molar-refractivity contribution is 0.282. The van der Waals surface area contributed by atoms with Gasteiger partial charge in [-0.1, -0.05) is 18.2 Å². The average molecular weight is 203 g/mol. The van der Waals surface area contributed by atoms with Crippen LogP contribution >= 0.6 is 0 Å². The molecule has 3 heteroatoms. The second-order valence-corrected chi connectivity index (χ2v) is 3.23. The third kappa shape index (κ3) is 2.19. The Bertz CT molecular complexity index is 453. The topological polar surface area (TPSA) is 33.1 Å². The van der Waals surface area contributed by atoms with Crippen molar-refractivity contribution in [2.75, 3.05) is 0 Å². The first-order valence-corrected chi connectivity index (χ1v) is 4.61. The van der Waals surface area contributed by atoms with Crippen LogP contribution in [0.2, 0.25) is 0 Å². The van der Waals surface area contributed by atoms with Gasteiger partial charge >= 0.3 is 0 Å². The highest BCUT2D eigenvalue weighted by Crippen LogP contribution is 2.19. The smallest absolute Gasteiger partial charge is 0.212 e. The van der Waals surface area contributed by atoms with Gasteiger partial charge in [0.05, 0.1) is 6.61 Å². The van der Waals surface area contributed by atoms with Gasteiger partial charge in [0, 0.05) is 11.8 Å². The molecule has 2 aromatic rings. The van der Waals surface area contributed by atoms with E-state index in [4.69, 9.17) is 5.11 Å². The number of aromatic nitrogens is 1. The summed E-state index contributed by atoms with van der Waals surface area (Å²) in [6, 6.07) is 10.4. The summed E-state index contributed by atoms with van der Waals surface area (Å²) in [5.74, 6) is -0.489. The lowest BCUT2D eigenvalue weighted by Gasteiger charge is -2.02. The summed E-state index contributed by atoms with van der Waals surface area (Å²) in [6.07, 6.45) is 1.48. The third-order valence-electron chi connectivity index (χ3n) is 2.17. The van der Waals surface area contributed by atoms with E-state index < -0.39 is 5.95 Å². The first kappa shape index (κ1) is 9.80. The second kappa shape index (κ2) is 4.19. The summed E-state index contributed by atoms with van der Waals surface area (Å²) < 4.78 is 12.6. The van der Waals surface area contributed by atoms with Crippen LogP contribution < -0.4 is 0 Å². The number of rotatable bonds is 2. The maximum Gasteiger partial charge on any atom is 0.212 e. The predicted molar refractivity (Wildman–Crippen MR) is 55.6 cm³/mol. The molecule has 1 N–H and O–H groups in total. The normalized spacial score (nSPS) is 10.3. The number of pyridine rings is 1. The standard InChI is InChI=1S/C12H10FNO/c13-12-5-4-11(7-14-12)10-3-1-2-9(6-10)8-15/h1-7,15H,8H2. The van der Waals surface area contributed by atoms with Gasteiger partial charge < -0.3 is 5.11 Å². The van der Waals surface area contributed by atoms with Crippen LogP contribution in [-0.4, -0.2) is 10.1 Å². The van der Waals surface area contributed by atoms with Gasteiger partial charge in [-0.2, -0.15) is 4.39 Å². The molecule has 0 aliphatic carbocycles. The summed E-state index contributed by atoms with van der Waals surface area (Å²) in [6.45, 7) is 0.00244. The summed E-state index contributed by atoms with van der Waals surface area (Å²) in [4.78, 5) is 3.58. The van der Waals surface area contributed by atoms with Crippen LogP contribution in [0.5, 0.6) is 0 Å². The summed E-state index contributed by atoms with van der Waals surface area (Å²) in [7, 11) is 0. The van der Waals surface area contributed by atoms with Crippen LogP contribution in [0.25, 0.3) is 11.1 Å². The fraction of sp³-hybridized carbons (Fsp3) is 0.0833. The molecule has 0 unspecified atom stereocenters. The molecule has 0 fully saturated rings. The molecule has 0 radical (unpaired) electrons. The summed E-state index contributed by atoms with van der Waals surface area (Å²) >= 11 is 0. The lowest BCUT2D eigenvalue weighted by Crippen LogP contribution is -1.86. The van der Waals surface area contributed by atoms with Crippen molar-refractivity contribution in [1.82, 2.24) is 4.98 Å². The molecule has 0 atom stereocenters. The molecule has 2 rings (SSSR count). The Morgan fingerprint density at radius 3 is 2.67 bits per heavy atom. The summed E-state index contributed by atoms with van der Waals surface area (Å²) in [5.41, 5.74) is 2.59. The van der Waals surface area contributed by atoms with Crippen molar-refractivity contribution in [2.24, 2.45) is 0 Å². The maximum absolute atomic E-state index is 12.6. The number of aliphatic hydroxyl groups excluding tert-OH is 1. The minimum absolute atomic E-state index is 0.00244. The highest BCUT2D eigenvalue weighted by molar-refractivity contribution is 5.62. The Balaban J connectivity index is 2.40. The van der Waals surface area contributed by atoms with Crippen molar-refractivity contribution < 1.29 is 9.50 Å². The Hall–Kier alpha value is -1.74. The largest absolute Gasteiger partial charge is 0.392 e. The van der Waals surface area contributed by atoms with Gasteiger partial charge in [0.2, 0.25) is 5.95 Å². The zero-order valence-electron chi connectivity index (χ0n) is 8.02. The molecule has 15 heavy (non-hydrogen) atoms. The minimum Gasteiger partial charge on any atom is -0.392 e. The van der Waals surface area contributed by atoms with Gasteiger partial charge in [-0.15, -0.1) is 0 Å². The molecule has 1 heterocycles. The number of aliphatic hydroxyl groups is 1. The Labute approximate surface area is 87.0 Å². The molecule has 2 nitrogen and oxygen atoms in total. The molecule has 1 aromatic heterocycles. The van der Waals surface area contributed by atoms with Gasteiger partial charge in [0.25, 0.3) is 0 Å². The van der Waals surface area contributed by atoms with Crippen LogP contribution in [0.3, 0.4) is 0 Å². The SMILES string of the molecule is OCc1cccc(-c2ccc(F)nc2)c1. The van der Waals surface area contributed by atoms with Crippen molar-refractivity contribution in [1.29, 1.82) is 0 Å². The molecule has 0 aliphatic heterocycles. The minimum atomic E-state index is -0.489. The number of nitrogens with zero attached hydrogens (tertiary/aromatic N) is 1. The van der Waals surface area contributed by atoms with Crippen LogP contribution in [0, 0.1) is 5.95 Å². The van der Waals surface area contributed by atoms with E-state index in [0.717, 1.165) is 16.7 Å². The van der Waals surface area contributed by atoms with Gasteiger partial charge in [-0.05, 0) is 29.3 Å². The van der Waals surface area contributed by atoms with E-state index in [9.17, 15) is 4.39 Å². The quantitative estimate of drug-likeness (QED) is 0.760. The van der Waals surface area contributed by atoms with Crippen molar-refractivity contribution in [3.05, 3.63) is 54.1 Å². The monoisotopic (exact) mass is 203 g/mol. The van der Waals surface area contributed by atoms with E-state index in [0.29, 0.717) is 0 Å². The number of hydrogen-bond donors (Lipinski definition) is 1. The van der Waals surface area contributed by atoms with Crippen molar-refractivity contribution in [3.8, 4) is 11.1 Å². The fourth-order valence-electron chi connectivity index (χ4n) is 1.40. The Morgan fingerprint density at radius 2 is 2.00 bits per heavy atom. The zero-order chi connectivity index (χ0) is 10.7. The van der Waals surface area contributed by atoms with Gasteiger partial charge in [-0.25, -0.2) is 4.98 Å². The highest BCUT2D eigenvalue weighted by atomic mass is 19.1. The lowest BCUT2D eigenvalue weighted by atomic mass is 10.1. The molecule has 1 aromatic carbocycles. The first-order valence-electron chi connectivity index (χ1n) is 4.61. The van der Waals surface area contributed by atoms with E-state index in [-0.39, 0.29) is 6.61 Å². The van der Waals surface area contributed by atoms with E-state index in [1.807, 2.05) is 24.3 Å². The molecule has 0 amide bonds. The summed E-state index contributed by atoms with van der Waals surface area (Å²) in [5, 5.41) is 8.98. The third-order valence-corrected chi connectivity index (χ3v) is 2.17. The molecule has 0 bridgehead atoms. The van der Waals surface area contributed by atoms with Crippen LogP contribution in [0.15, 0.2) is 42.6 Å². The molecule has 76 valence electrons. The maximum atomic E-state index is 12.6. The molecule has 0 aliphatic rings. The fourth-order valence-corrected chi connectivity index (χ4v) is 1.40. The van der Waals surface area contributed by atoms with Crippen LogP contribution in [-0.2, 0) is 6.61 Å². The van der Waals surface area contributed by atoms with Crippen molar-refractivity contribution in [3.63, 3.8) is 0 Å². The van der Waals surface area contributed by atoms with Gasteiger partial charge in [0.1, 0.15) is 0 Å². The van der Waals surface area contributed by atoms with E-state index in [2.05, 4.69) is 4.98 Å². The second-order valence-electron chi connectivity index (χ2n) is 3.23. The predicted octanol–water partition coefficient (Wildman–Crippen LogP) is 2.38. The number of halogens is 1. The zero-order valence-corrected chi connectivity index (χ0v) is 8.02. The highest BCUT2D eigenvalue weighted by Gasteiger charge is 1.99. The van der Waals surface area contributed by atoms with Gasteiger partial charge in [0.15, 0.2) is 0 Å². The van der Waals surface area contributed by atoms with E-state index >= 15 is 0 Å². The van der Waals surface area contributed by atoms with Crippen molar-refractivity contribution in [2.45, 2.75) is 6.61 Å². The van der Waals surface area contributed by atoms with Gasteiger partial charge in [-0.3, -0.25) is 0 Å². The van der Waals surface area contributed by atoms with Crippen LogP contribution in [0.1, 0.15) is 5.56 Å². The first-order chi connectivity index (χ1) is 7.29. The van der Waals surface area contributed by atoms with E-state index in [1.54, 1.807) is 6.07 Å². The molecule has 0 saturated heterocycles. The average Bonchev–Trinajstić information content (AvgIpc) is 2.30. The molecular formula is C12H10FNO. The Morgan fingerprint density at radius 1 is 1.13 bits per heavy atom. The molecule has 0 saturated carbocycles. The van der Waals surface area contributed by atoms with Crippen LogP contribution in [0.4, 0.5) is 4.39 Å². The van der Waals surface area contributed by atoms with Crippen molar-refractivity contribution >= 4 is 0 Å². The van der Waals surface area contributed by atoms with E-state index in [1.165, 1.54) is 12.3 Å². The Kier molecular flexibility index (Phi) is 2.74. The number of benzene rings is 1. The molecule has 0 spiro atoms. The molecular weight excluding hydrogens is 193 g/mol. The number of hydrogen-bond acceptors (Lipinski definition) is 2.